The molecule has 3 N–H and O–H groups in total. The van der Waals surface area contributed by atoms with Crippen LogP contribution in [0.4, 0.5) is 0 Å². The molecular weight excluding hydrogens is 270 g/mol. The number of rotatable bonds is 5. The van der Waals surface area contributed by atoms with E-state index in [9.17, 15) is 4.79 Å². The van der Waals surface area contributed by atoms with Crippen molar-refractivity contribution in [3.63, 3.8) is 0 Å². The van der Waals surface area contributed by atoms with E-state index in [1.165, 1.54) is 0 Å². The molecular formula is C14H17N5O2. The molecule has 7 heteroatoms. The molecule has 0 radical (unpaired) electrons. The van der Waals surface area contributed by atoms with Crippen molar-refractivity contribution < 1.29 is 9.90 Å². The largest absolute Gasteiger partial charge is 0.480 e. The summed E-state index contributed by atoms with van der Waals surface area (Å²) < 4.78 is 0. The van der Waals surface area contributed by atoms with Gasteiger partial charge in [0.1, 0.15) is 6.04 Å². The fourth-order valence-electron chi connectivity index (χ4n) is 1.71. The maximum Gasteiger partial charge on any atom is 0.320 e. The van der Waals surface area contributed by atoms with Crippen LogP contribution in [0, 0.1) is 0 Å². The number of aromatic nitrogens is 4. The summed E-state index contributed by atoms with van der Waals surface area (Å²) in [5.74, 6) is 0.204. The predicted molar refractivity (Wildman–Crippen MR) is 76.5 cm³/mol. The lowest BCUT2D eigenvalue weighted by atomic mass is 10.0. The molecule has 0 aliphatic heterocycles. The normalized spacial score (nSPS) is 12.4. The Morgan fingerprint density at radius 3 is 2.19 bits per heavy atom. The number of nitrogens with two attached hydrogens (primary N) is 1. The summed E-state index contributed by atoms with van der Waals surface area (Å²) in [6, 6.07) is 6.31. The van der Waals surface area contributed by atoms with Crippen molar-refractivity contribution in [3.05, 3.63) is 35.7 Å². The summed E-state index contributed by atoms with van der Waals surface area (Å²) in [6.45, 7) is 3.94. The summed E-state index contributed by atoms with van der Waals surface area (Å²) in [4.78, 5) is 10.7. The van der Waals surface area contributed by atoms with Gasteiger partial charge in [-0.05, 0) is 12.0 Å². The van der Waals surface area contributed by atoms with E-state index >= 15 is 0 Å². The highest BCUT2D eigenvalue weighted by Gasteiger charge is 2.12. The van der Waals surface area contributed by atoms with E-state index < -0.39 is 12.0 Å². The van der Waals surface area contributed by atoms with Gasteiger partial charge in [-0.2, -0.15) is 0 Å². The number of hydrogen-bond acceptors (Lipinski definition) is 6. The third-order valence-electron chi connectivity index (χ3n) is 3.00. The Bertz CT molecular complexity index is 610. The number of carbonyl (C=O) groups is 1. The van der Waals surface area contributed by atoms with Crippen LogP contribution < -0.4 is 5.73 Å². The van der Waals surface area contributed by atoms with Crippen molar-refractivity contribution in [2.75, 3.05) is 0 Å². The highest BCUT2D eigenvalue weighted by atomic mass is 16.4. The molecule has 0 spiro atoms. The number of hydrogen-bond donors (Lipinski definition) is 2. The minimum Gasteiger partial charge on any atom is -0.480 e. The van der Waals surface area contributed by atoms with Crippen molar-refractivity contribution in [1.29, 1.82) is 0 Å². The molecule has 1 atom stereocenters. The van der Waals surface area contributed by atoms with Crippen LogP contribution in [-0.2, 0) is 11.2 Å². The monoisotopic (exact) mass is 287 g/mol. The molecule has 2 aromatic rings. The van der Waals surface area contributed by atoms with E-state index in [0.717, 1.165) is 11.1 Å². The Hall–Kier alpha value is -2.41. The fraction of sp³-hybridized carbons (Fsp3) is 0.357. The number of aliphatic carboxylic acids is 1. The molecule has 0 saturated carbocycles. The second-order valence-electron chi connectivity index (χ2n) is 5.08. The van der Waals surface area contributed by atoms with Crippen molar-refractivity contribution in [1.82, 2.24) is 20.4 Å². The molecule has 21 heavy (non-hydrogen) atoms. The van der Waals surface area contributed by atoms with Gasteiger partial charge >= 0.3 is 5.97 Å². The molecule has 2 rings (SSSR count). The lowest BCUT2D eigenvalue weighted by molar-refractivity contribution is -0.138. The van der Waals surface area contributed by atoms with Gasteiger partial charge in [0, 0.05) is 11.5 Å². The third-order valence-corrected chi connectivity index (χ3v) is 3.00. The van der Waals surface area contributed by atoms with Crippen LogP contribution in [0.1, 0.15) is 31.2 Å². The van der Waals surface area contributed by atoms with Crippen LogP contribution in [0.15, 0.2) is 24.3 Å². The first-order valence-electron chi connectivity index (χ1n) is 6.62. The molecule has 1 aromatic heterocycles. The molecule has 0 saturated heterocycles. The lowest BCUT2D eigenvalue weighted by Crippen LogP contribution is -2.32. The first-order chi connectivity index (χ1) is 9.97. The van der Waals surface area contributed by atoms with Crippen molar-refractivity contribution >= 4 is 5.97 Å². The van der Waals surface area contributed by atoms with Gasteiger partial charge in [0.05, 0.1) is 0 Å². The Morgan fingerprint density at radius 2 is 1.71 bits per heavy atom. The minimum atomic E-state index is -1.01. The summed E-state index contributed by atoms with van der Waals surface area (Å²) in [5.41, 5.74) is 7.12. The van der Waals surface area contributed by atoms with E-state index in [1.54, 1.807) is 24.3 Å². The average Bonchev–Trinajstić information content (AvgIpc) is 2.48. The molecule has 0 fully saturated rings. The average molecular weight is 287 g/mol. The zero-order valence-corrected chi connectivity index (χ0v) is 11.9. The topological polar surface area (TPSA) is 115 Å². The van der Waals surface area contributed by atoms with Crippen molar-refractivity contribution in [3.8, 4) is 11.4 Å². The number of carboxylic acid groups (broad SMARTS) is 1. The number of carboxylic acids is 1. The quantitative estimate of drug-likeness (QED) is 0.843. The molecule has 0 amide bonds. The van der Waals surface area contributed by atoms with Crippen LogP contribution in [0.2, 0.25) is 0 Å². The Morgan fingerprint density at radius 1 is 1.14 bits per heavy atom. The maximum absolute atomic E-state index is 10.7. The summed E-state index contributed by atoms with van der Waals surface area (Å²) >= 11 is 0. The van der Waals surface area contributed by atoms with Crippen LogP contribution in [0.25, 0.3) is 11.4 Å². The molecule has 1 aromatic carbocycles. The van der Waals surface area contributed by atoms with Crippen LogP contribution in [0.5, 0.6) is 0 Å². The fourth-order valence-corrected chi connectivity index (χ4v) is 1.71. The molecule has 1 heterocycles. The number of nitrogens with zero attached hydrogens (tertiary/aromatic N) is 4. The highest BCUT2D eigenvalue weighted by Crippen LogP contribution is 2.15. The van der Waals surface area contributed by atoms with Crippen molar-refractivity contribution in [2.45, 2.75) is 32.2 Å². The molecule has 0 aliphatic rings. The standard InChI is InChI=1S/C14H17N5O2/c1-8(2)12-16-18-13(19-17-12)10-5-3-9(4-6-10)7-11(15)14(20)21/h3-6,8,11H,7,15H2,1-2H3,(H,20,21)/t11-/m0/s1. The first kappa shape index (κ1) is 15.0. The molecule has 110 valence electrons. The highest BCUT2D eigenvalue weighted by molar-refractivity contribution is 5.73. The summed E-state index contributed by atoms with van der Waals surface area (Å²) in [7, 11) is 0. The molecule has 7 nitrogen and oxygen atoms in total. The second kappa shape index (κ2) is 6.36. The smallest absolute Gasteiger partial charge is 0.320 e. The van der Waals surface area contributed by atoms with Gasteiger partial charge < -0.3 is 10.8 Å². The minimum absolute atomic E-state index is 0.180. The summed E-state index contributed by atoms with van der Waals surface area (Å²) in [5, 5.41) is 24.9. The van der Waals surface area contributed by atoms with Crippen molar-refractivity contribution in [2.24, 2.45) is 5.73 Å². The van der Waals surface area contributed by atoms with Gasteiger partial charge in [0.2, 0.25) is 5.82 Å². The zero-order valence-electron chi connectivity index (χ0n) is 11.9. The van der Waals surface area contributed by atoms with Crippen LogP contribution >= 0.6 is 0 Å². The molecule has 0 unspecified atom stereocenters. The van der Waals surface area contributed by atoms with Gasteiger partial charge in [0.15, 0.2) is 5.82 Å². The molecule has 0 bridgehead atoms. The van der Waals surface area contributed by atoms with Crippen LogP contribution in [-0.4, -0.2) is 37.5 Å². The second-order valence-corrected chi connectivity index (χ2v) is 5.08. The SMILES string of the molecule is CC(C)c1nnc(-c2ccc(C[C@H](N)C(=O)O)cc2)nn1. The third kappa shape index (κ3) is 3.79. The Kier molecular flexibility index (Phi) is 4.54. The van der Waals surface area contributed by atoms with Gasteiger partial charge in [-0.1, -0.05) is 38.1 Å². The number of benzene rings is 1. The van der Waals surface area contributed by atoms with Gasteiger partial charge in [-0.15, -0.1) is 20.4 Å². The Labute approximate surface area is 122 Å². The zero-order chi connectivity index (χ0) is 15.4. The van der Waals surface area contributed by atoms with E-state index in [4.69, 9.17) is 10.8 Å². The first-order valence-corrected chi connectivity index (χ1v) is 6.62. The maximum atomic E-state index is 10.7. The van der Waals surface area contributed by atoms with E-state index in [0.29, 0.717) is 11.6 Å². The van der Waals surface area contributed by atoms with Crippen LogP contribution in [0.3, 0.4) is 0 Å². The van der Waals surface area contributed by atoms with Gasteiger partial charge in [0.25, 0.3) is 0 Å². The van der Waals surface area contributed by atoms with E-state index in [-0.39, 0.29) is 12.3 Å². The molecule has 0 aliphatic carbocycles. The van der Waals surface area contributed by atoms with E-state index in [2.05, 4.69) is 20.4 Å². The van der Waals surface area contributed by atoms with Gasteiger partial charge in [-0.3, -0.25) is 4.79 Å². The van der Waals surface area contributed by atoms with E-state index in [1.807, 2.05) is 13.8 Å². The summed E-state index contributed by atoms with van der Waals surface area (Å²) in [6.07, 6.45) is 0.277. The predicted octanol–water partition coefficient (Wildman–Crippen LogP) is 1.01. The lowest BCUT2D eigenvalue weighted by Gasteiger charge is -2.07. The Balaban J connectivity index is 2.13. The van der Waals surface area contributed by atoms with Gasteiger partial charge in [-0.25, -0.2) is 0 Å².